The van der Waals surface area contributed by atoms with Gasteiger partial charge in [-0.2, -0.15) is 5.26 Å². The van der Waals surface area contributed by atoms with Crippen molar-refractivity contribution in [2.24, 2.45) is 0 Å². The second-order valence-corrected chi connectivity index (χ2v) is 7.37. The first-order valence-corrected chi connectivity index (χ1v) is 9.58. The molecule has 5 aromatic rings. The molecule has 0 atom stereocenters. The van der Waals surface area contributed by atoms with E-state index >= 15 is 0 Å². The number of pyridine rings is 1. The molecule has 0 spiro atoms. The van der Waals surface area contributed by atoms with Crippen LogP contribution in [-0.2, 0) is 6.42 Å². The van der Waals surface area contributed by atoms with Crippen molar-refractivity contribution in [2.45, 2.75) is 6.42 Å². The molecule has 6 heteroatoms. The lowest BCUT2D eigenvalue weighted by atomic mass is 10.1. The minimum atomic E-state index is -0.390. The van der Waals surface area contributed by atoms with Gasteiger partial charge in [-0.05, 0) is 41.3 Å². The first-order chi connectivity index (χ1) is 13.7. The van der Waals surface area contributed by atoms with E-state index in [0.29, 0.717) is 11.3 Å². The Morgan fingerprint density at radius 2 is 2.00 bits per heavy atom. The van der Waals surface area contributed by atoms with Gasteiger partial charge in [0.2, 0.25) is 0 Å². The van der Waals surface area contributed by atoms with Crippen LogP contribution in [0.25, 0.3) is 38.1 Å². The number of aromatic nitrogens is 3. The van der Waals surface area contributed by atoms with Crippen molar-refractivity contribution in [1.29, 1.82) is 5.26 Å². The molecule has 0 saturated carbocycles. The number of hydrogen-bond donors (Lipinski definition) is 0. The van der Waals surface area contributed by atoms with Crippen LogP contribution in [-0.4, -0.2) is 14.5 Å². The summed E-state index contributed by atoms with van der Waals surface area (Å²) in [5.74, 6) is -0.390. The lowest BCUT2D eigenvalue weighted by molar-refractivity contribution is 0.614. The molecule has 0 fully saturated rings. The second-order valence-electron chi connectivity index (χ2n) is 6.43. The minimum Gasteiger partial charge on any atom is -0.298 e. The van der Waals surface area contributed by atoms with Crippen molar-refractivity contribution in [3.63, 3.8) is 0 Å². The Balaban J connectivity index is 1.75. The average molecular weight is 384 g/mol. The third kappa shape index (κ3) is 2.65. The smallest absolute Gasteiger partial charge is 0.129 e. The number of thiophene rings is 1. The second kappa shape index (κ2) is 6.55. The quantitative estimate of drug-likeness (QED) is 0.412. The number of nitrogens with zero attached hydrogens (tertiary/aromatic N) is 4. The molecule has 0 bridgehead atoms. The van der Waals surface area contributed by atoms with Gasteiger partial charge >= 0.3 is 0 Å². The van der Waals surface area contributed by atoms with Crippen molar-refractivity contribution in [3.8, 4) is 22.2 Å². The third-order valence-corrected chi connectivity index (χ3v) is 5.68. The Morgan fingerprint density at radius 1 is 1.07 bits per heavy atom. The summed E-state index contributed by atoms with van der Waals surface area (Å²) >= 11 is 1.68. The van der Waals surface area contributed by atoms with Gasteiger partial charge < -0.3 is 0 Å². The van der Waals surface area contributed by atoms with Crippen molar-refractivity contribution >= 4 is 33.3 Å². The number of imidazole rings is 1. The largest absolute Gasteiger partial charge is 0.298 e. The fourth-order valence-electron chi connectivity index (χ4n) is 3.40. The normalized spacial score (nSPS) is 11.1. The van der Waals surface area contributed by atoms with Crippen LogP contribution in [0.5, 0.6) is 0 Å². The summed E-state index contributed by atoms with van der Waals surface area (Å²) in [4.78, 5) is 10.1. The van der Waals surface area contributed by atoms with Crippen LogP contribution in [0.2, 0.25) is 0 Å². The molecule has 5 rings (SSSR count). The lowest BCUT2D eigenvalue weighted by Crippen LogP contribution is -1.97. The molecule has 0 aliphatic rings. The summed E-state index contributed by atoms with van der Waals surface area (Å²) in [6, 6.07) is 17.2. The lowest BCUT2D eigenvalue weighted by Gasteiger charge is -2.09. The van der Waals surface area contributed by atoms with Crippen molar-refractivity contribution in [3.05, 3.63) is 77.8 Å². The van der Waals surface area contributed by atoms with E-state index in [-0.39, 0.29) is 6.42 Å². The molecule has 0 unspecified atom stereocenters. The van der Waals surface area contributed by atoms with E-state index in [1.165, 1.54) is 10.9 Å². The number of hydrogen-bond acceptors (Lipinski definition) is 4. The minimum absolute atomic E-state index is 0.0494. The van der Waals surface area contributed by atoms with Gasteiger partial charge in [0, 0.05) is 15.8 Å². The molecule has 0 aliphatic carbocycles. The highest BCUT2D eigenvalue weighted by Crippen LogP contribution is 2.32. The van der Waals surface area contributed by atoms with E-state index in [1.54, 1.807) is 29.9 Å². The zero-order valence-electron chi connectivity index (χ0n) is 14.6. The number of fused-ring (bicyclic) bond motifs is 3. The molecule has 0 radical (unpaired) electrons. The topological polar surface area (TPSA) is 54.5 Å². The van der Waals surface area contributed by atoms with Crippen LogP contribution in [0.3, 0.4) is 0 Å². The van der Waals surface area contributed by atoms with Gasteiger partial charge in [-0.25, -0.2) is 9.37 Å². The Hall–Kier alpha value is -3.56. The molecule has 0 saturated heterocycles. The maximum atomic E-state index is 14.4. The molecular formula is C22H13FN4S. The number of nitriles is 1. The maximum absolute atomic E-state index is 14.4. The zero-order valence-corrected chi connectivity index (χ0v) is 15.4. The van der Waals surface area contributed by atoms with Crippen molar-refractivity contribution < 1.29 is 4.39 Å². The van der Waals surface area contributed by atoms with Crippen LogP contribution < -0.4 is 0 Å². The van der Waals surface area contributed by atoms with Gasteiger partial charge in [-0.3, -0.25) is 9.55 Å². The van der Waals surface area contributed by atoms with Crippen LogP contribution >= 0.6 is 11.3 Å². The van der Waals surface area contributed by atoms with E-state index in [1.807, 2.05) is 34.2 Å². The van der Waals surface area contributed by atoms with Gasteiger partial charge in [0.1, 0.15) is 17.7 Å². The highest BCUT2D eigenvalue weighted by atomic mass is 32.1. The van der Waals surface area contributed by atoms with Gasteiger partial charge in [0.25, 0.3) is 0 Å². The fourth-order valence-corrected chi connectivity index (χ4v) is 4.12. The SMILES string of the molecule is N#CCc1ccc(-n2cnc3cnc4ccc(-c5cccs5)cc4c32)cc1F. The molecule has 3 heterocycles. The number of benzene rings is 2. The van der Waals surface area contributed by atoms with Crippen molar-refractivity contribution in [2.75, 3.05) is 0 Å². The van der Waals surface area contributed by atoms with Crippen LogP contribution in [0.15, 0.2) is 66.4 Å². The van der Waals surface area contributed by atoms with E-state index < -0.39 is 5.82 Å². The molecule has 3 aromatic heterocycles. The summed E-state index contributed by atoms with van der Waals surface area (Å²) < 4.78 is 16.3. The van der Waals surface area contributed by atoms with Gasteiger partial charge in [0.15, 0.2) is 0 Å². The Kier molecular flexibility index (Phi) is 3.89. The predicted octanol–water partition coefficient (Wildman–Crippen LogP) is 5.51. The van der Waals surface area contributed by atoms with Gasteiger partial charge in [0.05, 0.1) is 35.4 Å². The molecule has 134 valence electrons. The Bertz CT molecular complexity index is 1360. The summed E-state index contributed by atoms with van der Waals surface area (Å²) in [6.45, 7) is 0. The average Bonchev–Trinajstić information content (AvgIpc) is 3.39. The first-order valence-electron chi connectivity index (χ1n) is 8.70. The van der Waals surface area contributed by atoms with Gasteiger partial charge in [-0.15, -0.1) is 11.3 Å². The molecule has 0 amide bonds. The summed E-state index contributed by atoms with van der Waals surface area (Å²) in [7, 11) is 0. The van der Waals surface area contributed by atoms with E-state index in [9.17, 15) is 4.39 Å². The van der Waals surface area contributed by atoms with Crippen LogP contribution in [0, 0.1) is 17.1 Å². The summed E-state index contributed by atoms with van der Waals surface area (Å²) in [5, 5.41) is 11.8. The van der Waals surface area contributed by atoms with E-state index in [4.69, 9.17) is 5.26 Å². The standard InChI is InChI=1S/C22H13FN4S/c23-18-11-16(5-3-14(18)7-8-24)27-13-26-20-12-25-19-6-4-15(10-17(19)22(20)27)21-2-1-9-28-21/h1-6,9-13H,7H2. The molecule has 2 aromatic carbocycles. The fraction of sp³-hybridized carbons (Fsp3) is 0.0455. The zero-order chi connectivity index (χ0) is 19.1. The molecular weight excluding hydrogens is 371 g/mol. The van der Waals surface area contributed by atoms with Crippen LogP contribution in [0.1, 0.15) is 5.56 Å². The predicted molar refractivity (Wildman–Crippen MR) is 109 cm³/mol. The highest BCUT2D eigenvalue weighted by Gasteiger charge is 2.13. The van der Waals surface area contributed by atoms with Crippen molar-refractivity contribution in [1.82, 2.24) is 14.5 Å². The molecule has 28 heavy (non-hydrogen) atoms. The van der Waals surface area contributed by atoms with Gasteiger partial charge in [-0.1, -0.05) is 18.2 Å². The molecule has 0 N–H and O–H groups in total. The Morgan fingerprint density at radius 3 is 2.79 bits per heavy atom. The molecule has 4 nitrogen and oxygen atoms in total. The van der Waals surface area contributed by atoms with E-state index in [2.05, 4.69) is 28.2 Å². The van der Waals surface area contributed by atoms with Crippen LogP contribution in [0.4, 0.5) is 4.39 Å². The monoisotopic (exact) mass is 384 g/mol. The number of halogens is 1. The number of rotatable bonds is 3. The maximum Gasteiger partial charge on any atom is 0.129 e. The molecule has 0 aliphatic heterocycles. The first kappa shape index (κ1) is 16.6. The summed E-state index contributed by atoms with van der Waals surface area (Å²) in [6.07, 6.45) is 3.47. The van der Waals surface area contributed by atoms with E-state index in [0.717, 1.165) is 27.5 Å². The third-order valence-electron chi connectivity index (χ3n) is 4.76. The summed E-state index contributed by atoms with van der Waals surface area (Å²) in [5.41, 5.74) is 4.65. The Labute approximate surface area is 164 Å². The highest BCUT2D eigenvalue weighted by molar-refractivity contribution is 7.13.